The number of nitrogens with zero attached hydrogens (tertiary/aromatic N) is 3. The van der Waals surface area contributed by atoms with Gasteiger partial charge >= 0.3 is 0 Å². The largest absolute Gasteiger partial charge is 0.248 e. The minimum absolute atomic E-state index is 0.412. The van der Waals surface area contributed by atoms with Crippen LogP contribution in [-0.2, 0) is 6.42 Å². The van der Waals surface area contributed by atoms with Crippen LogP contribution in [0, 0.1) is 5.41 Å². The van der Waals surface area contributed by atoms with E-state index < -0.39 is 0 Å². The van der Waals surface area contributed by atoms with Gasteiger partial charge in [-0.15, -0.1) is 0 Å². The lowest BCUT2D eigenvalue weighted by molar-refractivity contribution is 0.163. The molecule has 1 heterocycles. The van der Waals surface area contributed by atoms with Gasteiger partial charge in [0.05, 0.1) is 0 Å². The molecule has 1 aliphatic rings. The molecule has 0 saturated heterocycles. The Bertz CT molecular complexity index is 323. The van der Waals surface area contributed by atoms with Crippen LogP contribution < -0.4 is 0 Å². The summed E-state index contributed by atoms with van der Waals surface area (Å²) in [7, 11) is 0. The molecule has 0 unspecified atom stereocenters. The van der Waals surface area contributed by atoms with Gasteiger partial charge in [0.15, 0.2) is 0 Å². The number of aromatic nitrogens is 3. The first-order valence-electron chi connectivity index (χ1n) is 5.61. The third-order valence-corrected chi connectivity index (χ3v) is 4.56. The van der Waals surface area contributed by atoms with Gasteiger partial charge in [-0.25, -0.2) is 9.67 Å². The molecule has 0 amide bonds. The Kier molecular flexibility index (Phi) is 3.14. The first kappa shape index (κ1) is 11.1. The van der Waals surface area contributed by atoms with Crippen LogP contribution >= 0.6 is 15.9 Å². The Labute approximate surface area is 99.4 Å². The predicted octanol–water partition coefficient (Wildman–Crippen LogP) is 2.97. The molecule has 0 spiro atoms. The van der Waals surface area contributed by atoms with Crippen molar-refractivity contribution in [1.82, 2.24) is 14.8 Å². The number of halogens is 1. The Hall–Kier alpha value is -0.380. The average molecular weight is 272 g/mol. The molecule has 15 heavy (non-hydrogen) atoms. The number of hydrogen-bond donors (Lipinski definition) is 0. The molecule has 0 radical (unpaired) electrons. The summed E-state index contributed by atoms with van der Waals surface area (Å²) in [6.45, 7) is 4.31. The molecule has 1 aromatic heterocycles. The highest BCUT2D eigenvalue weighted by Crippen LogP contribution is 2.44. The van der Waals surface area contributed by atoms with Gasteiger partial charge in [-0.05, 0) is 32.1 Å². The Balaban J connectivity index is 2.13. The second-order valence-corrected chi connectivity index (χ2v) is 5.44. The Morgan fingerprint density at radius 2 is 2.27 bits per heavy atom. The fraction of sp³-hybridized carbons (Fsp3) is 0.818. The molecular weight excluding hydrogens is 254 g/mol. The lowest BCUT2D eigenvalue weighted by Crippen LogP contribution is -2.34. The maximum absolute atomic E-state index is 4.38. The number of hydrogen-bond acceptors (Lipinski definition) is 2. The lowest BCUT2D eigenvalue weighted by atomic mass is 9.68. The van der Waals surface area contributed by atoms with Crippen molar-refractivity contribution in [2.45, 2.75) is 45.6 Å². The van der Waals surface area contributed by atoms with Crippen molar-refractivity contribution in [3.05, 3.63) is 12.2 Å². The predicted molar refractivity (Wildman–Crippen MR) is 64.2 cm³/mol. The molecule has 3 nitrogen and oxygen atoms in total. The SMILES string of the molecule is CC(C)n1ncnc1CC1(CBr)CCC1. The third-order valence-electron chi connectivity index (χ3n) is 3.37. The van der Waals surface area contributed by atoms with E-state index in [2.05, 4.69) is 39.9 Å². The van der Waals surface area contributed by atoms with Gasteiger partial charge in [-0.2, -0.15) is 5.10 Å². The monoisotopic (exact) mass is 271 g/mol. The average Bonchev–Trinajstić information content (AvgIpc) is 2.59. The highest BCUT2D eigenvalue weighted by Gasteiger charge is 2.37. The Morgan fingerprint density at radius 3 is 2.73 bits per heavy atom. The molecule has 0 atom stereocenters. The topological polar surface area (TPSA) is 30.7 Å². The van der Waals surface area contributed by atoms with E-state index in [0.717, 1.165) is 17.6 Å². The van der Waals surface area contributed by atoms with Crippen molar-refractivity contribution in [2.75, 3.05) is 5.33 Å². The summed E-state index contributed by atoms with van der Waals surface area (Å²) >= 11 is 3.63. The summed E-state index contributed by atoms with van der Waals surface area (Å²) in [6.07, 6.45) is 6.75. The van der Waals surface area contributed by atoms with Gasteiger partial charge in [0, 0.05) is 17.8 Å². The molecule has 1 fully saturated rings. The normalized spacial score (nSPS) is 19.2. The molecular formula is C11H18BrN3. The van der Waals surface area contributed by atoms with Crippen LogP contribution in [0.4, 0.5) is 0 Å². The fourth-order valence-corrected chi connectivity index (χ4v) is 2.96. The van der Waals surface area contributed by atoms with Crippen molar-refractivity contribution in [3.63, 3.8) is 0 Å². The zero-order valence-electron chi connectivity index (χ0n) is 9.41. The second kappa shape index (κ2) is 4.24. The van der Waals surface area contributed by atoms with E-state index >= 15 is 0 Å². The minimum atomic E-state index is 0.412. The summed E-state index contributed by atoms with van der Waals surface area (Å²) in [4.78, 5) is 4.38. The minimum Gasteiger partial charge on any atom is -0.248 e. The standard InChI is InChI=1S/C11H18BrN3/c1-9(2)15-10(13-8-14-15)6-11(7-12)4-3-5-11/h8-9H,3-7H2,1-2H3. The maximum atomic E-state index is 4.38. The quantitative estimate of drug-likeness (QED) is 0.789. The molecule has 84 valence electrons. The van der Waals surface area contributed by atoms with Crippen molar-refractivity contribution >= 4 is 15.9 Å². The van der Waals surface area contributed by atoms with Crippen LogP contribution in [-0.4, -0.2) is 20.1 Å². The van der Waals surface area contributed by atoms with Crippen LogP contribution in [0.5, 0.6) is 0 Å². The summed E-state index contributed by atoms with van der Waals surface area (Å²) < 4.78 is 2.04. The molecule has 4 heteroatoms. The zero-order chi connectivity index (χ0) is 10.9. The van der Waals surface area contributed by atoms with E-state index in [-0.39, 0.29) is 0 Å². The summed E-state index contributed by atoms with van der Waals surface area (Å²) in [5.41, 5.74) is 0.458. The van der Waals surface area contributed by atoms with E-state index in [1.54, 1.807) is 6.33 Å². The molecule has 1 saturated carbocycles. The lowest BCUT2D eigenvalue weighted by Gasteiger charge is -2.40. The van der Waals surface area contributed by atoms with Crippen LogP contribution in [0.1, 0.15) is 45.0 Å². The zero-order valence-corrected chi connectivity index (χ0v) is 11.0. The van der Waals surface area contributed by atoms with E-state index in [4.69, 9.17) is 0 Å². The third kappa shape index (κ3) is 2.10. The molecule has 1 aromatic rings. The van der Waals surface area contributed by atoms with Crippen LogP contribution in [0.2, 0.25) is 0 Å². The van der Waals surface area contributed by atoms with E-state index in [1.807, 2.05) is 4.68 Å². The molecule has 0 bridgehead atoms. The van der Waals surface area contributed by atoms with E-state index in [0.29, 0.717) is 11.5 Å². The number of rotatable bonds is 4. The first-order valence-corrected chi connectivity index (χ1v) is 6.73. The first-order chi connectivity index (χ1) is 7.17. The fourth-order valence-electron chi connectivity index (χ4n) is 2.20. The smallest absolute Gasteiger partial charge is 0.138 e. The van der Waals surface area contributed by atoms with Gasteiger partial charge in [0.1, 0.15) is 12.2 Å². The number of alkyl halides is 1. The van der Waals surface area contributed by atoms with Gasteiger partial charge in [-0.3, -0.25) is 0 Å². The molecule has 2 rings (SSSR count). The van der Waals surface area contributed by atoms with Gasteiger partial charge in [-0.1, -0.05) is 22.4 Å². The highest BCUT2D eigenvalue weighted by atomic mass is 79.9. The summed E-state index contributed by atoms with van der Waals surface area (Å²) in [5.74, 6) is 1.14. The molecule has 0 N–H and O–H groups in total. The Morgan fingerprint density at radius 1 is 1.53 bits per heavy atom. The van der Waals surface area contributed by atoms with Crippen LogP contribution in [0.15, 0.2) is 6.33 Å². The summed E-state index contributed by atoms with van der Waals surface area (Å²) in [5, 5.41) is 5.37. The second-order valence-electron chi connectivity index (χ2n) is 4.88. The highest BCUT2D eigenvalue weighted by molar-refractivity contribution is 9.09. The van der Waals surface area contributed by atoms with Crippen LogP contribution in [0.25, 0.3) is 0 Å². The summed E-state index contributed by atoms with van der Waals surface area (Å²) in [6, 6.07) is 0.412. The van der Waals surface area contributed by atoms with Crippen molar-refractivity contribution in [1.29, 1.82) is 0 Å². The van der Waals surface area contributed by atoms with Crippen molar-refractivity contribution < 1.29 is 0 Å². The molecule has 0 aliphatic heterocycles. The van der Waals surface area contributed by atoms with E-state index in [9.17, 15) is 0 Å². The maximum Gasteiger partial charge on any atom is 0.138 e. The van der Waals surface area contributed by atoms with Gasteiger partial charge in [0.25, 0.3) is 0 Å². The molecule has 0 aromatic carbocycles. The van der Waals surface area contributed by atoms with Crippen molar-refractivity contribution in [3.8, 4) is 0 Å². The molecule has 1 aliphatic carbocycles. The van der Waals surface area contributed by atoms with E-state index in [1.165, 1.54) is 19.3 Å². The van der Waals surface area contributed by atoms with Crippen LogP contribution in [0.3, 0.4) is 0 Å². The van der Waals surface area contributed by atoms with Gasteiger partial charge < -0.3 is 0 Å². The van der Waals surface area contributed by atoms with Crippen molar-refractivity contribution in [2.24, 2.45) is 5.41 Å². The van der Waals surface area contributed by atoms with Gasteiger partial charge in [0.2, 0.25) is 0 Å².